The lowest BCUT2D eigenvalue weighted by atomic mass is 10.1. The Labute approximate surface area is 132 Å². The predicted molar refractivity (Wildman–Crippen MR) is 90.1 cm³/mol. The molecule has 0 spiro atoms. The quantitative estimate of drug-likeness (QED) is 0.318. The normalized spacial score (nSPS) is 14.3. The van der Waals surface area contributed by atoms with Gasteiger partial charge in [-0.25, -0.2) is 0 Å². The molecule has 1 unspecified atom stereocenters. The third kappa shape index (κ3) is 8.17. The Balaban J connectivity index is 4.48. The van der Waals surface area contributed by atoms with Gasteiger partial charge in [-0.05, 0) is 27.2 Å². The summed E-state index contributed by atoms with van der Waals surface area (Å²) in [6.45, 7) is 11.8. The fraction of sp³-hybridized carbons (Fsp3) is 1.00. The second-order valence-electron chi connectivity index (χ2n) is 6.17. The maximum absolute atomic E-state index is 11.7. The summed E-state index contributed by atoms with van der Waals surface area (Å²) in [6.07, 6.45) is 7.42. The van der Waals surface area contributed by atoms with Gasteiger partial charge in [-0.1, -0.05) is 45.4 Å². The summed E-state index contributed by atoms with van der Waals surface area (Å²) >= 11 is 0. The van der Waals surface area contributed by atoms with E-state index in [0.717, 1.165) is 37.0 Å². The predicted octanol–water partition coefficient (Wildman–Crippen LogP) is 3.87. The number of hydrogen-bond acceptors (Lipinski definition) is 2. The molecule has 1 N–H and O–H groups in total. The molecule has 0 radical (unpaired) electrons. The highest BCUT2D eigenvalue weighted by Crippen LogP contribution is 2.18. The van der Waals surface area contributed by atoms with E-state index in [4.69, 9.17) is 0 Å². The first-order chi connectivity index (χ1) is 9.85. The molecule has 1 atom stereocenters. The summed E-state index contributed by atoms with van der Waals surface area (Å²) in [5.74, 6) is 0. The van der Waals surface area contributed by atoms with E-state index in [-0.39, 0.29) is 0 Å². The summed E-state index contributed by atoms with van der Waals surface area (Å²) in [5, 5.41) is -0.608. The first-order valence-electron chi connectivity index (χ1n) is 8.66. The maximum atomic E-state index is 11.7. The zero-order valence-electron chi connectivity index (χ0n) is 14.5. The van der Waals surface area contributed by atoms with E-state index in [0.29, 0.717) is 13.0 Å². The molecule has 0 aromatic rings. The van der Waals surface area contributed by atoms with Crippen molar-refractivity contribution < 1.29 is 17.5 Å². The van der Waals surface area contributed by atoms with Crippen molar-refractivity contribution in [3.8, 4) is 0 Å². The first-order valence-corrected chi connectivity index (χ1v) is 10.2. The number of unbranched alkanes of at least 4 members (excludes halogenated alkanes) is 5. The minimum atomic E-state index is -3.94. The molecule has 0 aromatic carbocycles. The highest BCUT2D eigenvalue weighted by Gasteiger charge is 2.33. The van der Waals surface area contributed by atoms with Crippen molar-refractivity contribution in [1.82, 2.24) is 0 Å². The molecule has 0 saturated carbocycles. The van der Waals surface area contributed by atoms with Gasteiger partial charge in [-0.2, -0.15) is 8.42 Å². The average Bonchev–Trinajstić information content (AvgIpc) is 2.45. The molecule has 0 heterocycles. The minimum Gasteiger partial charge on any atom is -0.323 e. The second-order valence-corrected chi connectivity index (χ2v) is 7.86. The molecule has 21 heavy (non-hydrogen) atoms. The van der Waals surface area contributed by atoms with Crippen LogP contribution in [0.3, 0.4) is 0 Å². The number of nitrogens with zero attached hydrogens (tertiary/aromatic N) is 1. The Kier molecular flexibility index (Phi) is 10.5. The molecule has 0 aliphatic carbocycles. The van der Waals surface area contributed by atoms with E-state index in [1.165, 1.54) is 25.7 Å². The van der Waals surface area contributed by atoms with Crippen LogP contribution < -0.4 is 0 Å². The van der Waals surface area contributed by atoms with E-state index in [9.17, 15) is 13.0 Å². The van der Waals surface area contributed by atoms with Crippen molar-refractivity contribution in [1.29, 1.82) is 0 Å². The molecule has 4 nitrogen and oxygen atoms in total. The lowest BCUT2D eigenvalue weighted by Gasteiger charge is -2.37. The Morgan fingerprint density at radius 1 is 0.857 bits per heavy atom. The van der Waals surface area contributed by atoms with Crippen molar-refractivity contribution in [3.05, 3.63) is 0 Å². The molecule has 0 bridgehead atoms. The van der Waals surface area contributed by atoms with Gasteiger partial charge in [0, 0.05) is 0 Å². The fourth-order valence-electron chi connectivity index (χ4n) is 2.98. The SMILES string of the molecule is CCCCCCCCC(C[N+](CC)(CC)CC)S(=O)(=O)O. The van der Waals surface area contributed by atoms with E-state index in [1.54, 1.807) is 0 Å². The van der Waals surface area contributed by atoms with E-state index in [2.05, 4.69) is 27.7 Å². The number of rotatable bonds is 13. The van der Waals surface area contributed by atoms with E-state index >= 15 is 0 Å². The topological polar surface area (TPSA) is 54.4 Å². The minimum absolute atomic E-state index is 0.539. The van der Waals surface area contributed by atoms with Gasteiger partial charge < -0.3 is 4.48 Å². The van der Waals surface area contributed by atoms with Crippen molar-refractivity contribution in [2.75, 3.05) is 26.2 Å². The van der Waals surface area contributed by atoms with Crippen LogP contribution in [0, 0.1) is 0 Å². The van der Waals surface area contributed by atoms with Crippen LogP contribution >= 0.6 is 0 Å². The van der Waals surface area contributed by atoms with Crippen LogP contribution in [-0.4, -0.2) is 48.9 Å². The number of quaternary nitrogens is 1. The molecule has 0 fully saturated rings. The van der Waals surface area contributed by atoms with Gasteiger partial charge in [0.2, 0.25) is 0 Å². The van der Waals surface area contributed by atoms with Crippen LogP contribution in [0.15, 0.2) is 0 Å². The van der Waals surface area contributed by atoms with Crippen LogP contribution in [0.1, 0.15) is 72.6 Å². The maximum Gasteiger partial charge on any atom is 0.273 e. The monoisotopic (exact) mass is 322 g/mol. The lowest BCUT2D eigenvalue weighted by Crippen LogP contribution is -2.53. The van der Waals surface area contributed by atoms with Gasteiger partial charge in [0.15, 0.2) is 0 Å². The summed E-state index contributed by atoms with van der Waals surface area (Å²) in [5.41, 5.74) is 0. The highest BCUT2D eigenvalue weighted by atomic mass is 32.2. The third-order valence-corrected chi connectivity index (χ3v) is 6.13. The van der Waals surface area contributed by atoms with Crippen molar-refractivity contribution >= 4 is 10.1 Å². The largest absolute Gasteiger partial charge is 0.323 e. The molecule has 5 heteroatoms. The Hall–Kier alpha value is -0.130. The van der Waals surface area contributed by atoms with Crippen LogP contribution in [0.25, 0.3) is 0 Å². The average molecular weight is 323 g/mol. The molecule has 0 aromatic heterocycles. The molecule has 0 saturated heterocycles. The first kappa shape index (κ1) is 20.9. The van der Waals surface area contributed by atoms with Gasteiger partial charge in [0.05, 0.1) is 26.2 Å². The van der Waals surface area contributed by atoms with Crippen LogP contribution in [-0.2, 0) is 10.1 Å². The molecule has 0 amide bonds. The van der Waals surface area contributed by atoms with E-state index in [1.807, 2.05) is 0 Å². The number of hydrogen-bond donors (Lipinski definition) is 1. The van der Waals surface area contributed by atoms with Gasteiger partial charge in [0.1, 0.15) is 5.25 Å². The lowest BCUT2D eigenvalue weighted by molar-refractivity contribution is -0.922. The molecule has 0 aliphatic rings. The molecule has 0 aliphatic heterocycles. The van der Waals surface area contributed by atoms with Crippen molar-refractivity contribution in [2.24, 2.45) is 0 Å². The van der Waals surface area contributed by atoms with Gasteiger partial charge >= 0.3 is 0 Å². The van der Waals surface area contributed by atoms with Gasteiger partial charge in [-0.3, -0.25) is 4.55 Å². The molecule has 128 valence electrons. The van der Waals surface area contributed by atoms with Crippen LogP contribution in [0.5, 0.6) is 0 Å². The van der Waals surface area contributed by atoms with Crippen molar-refractivity contribution in [3.63, 3.8) is 0 Å². The van der Waals surface area contributed by atoms with E-state index < -0.39 is 15.4 Å². The standard InChI is InChI=1S/C16H35NO3S/c1-5-9-10-11-12-13-14-16(21(18,19)20)15-17(6-2,7-3)8-4/h16H,5-15H2,1-4H3/p+1. The smallest absolute Gasteiger partial charge is 0.273 e. The molecular weight excluding hydrogens is 286 g/mol. The fourth-order valence-corrected chi connectivity index (χ4v) is 3.95. The Morgan fingerprint density at radius 2 is 1.33 bits per heavy atom. The summed E-state index contributed by atoms with van der Waals surface area (Å²) in [4.78, 5) is 0. The van der Waals surface area contributed by atoms with Gasteiger partial charge in [0.25, 0.3) is 10.1 Å². The van der Waals surface area contributed by atoms with Gasteiger partial charge in [-0.15, -0.1) is 0 Å². The van der Waals surface area contributed by atoms with Crippen LogP contribution in [0.4, 0.5) is 0 Å². The zero-order valence-corrected chi connectivity index (χ0v) is 15.3. The zero-order chi connectivity index (χ0) is 16.4. The Morgan fingerprint density at radius 3 is 1.76 bits per heavy atom. The molecular formula is C16H36NO3S+. The summed E-state index contributed by atoms with van der Waals surface area (Å²) in [6, 6.07) is 0. The summed E-state index contributed by atoms with van der Waals surface area (Å²) in [7, 11) is -3.94. The third-order valence-electron chi connectivity index (χ3n) is 4.90. The van der Waals surface area contributed by atoms with Crippen LogP contribution in [0.2, 0.25) is 0 Å². The Bertz CT molecular complexity index is 342. The second kappa shape index (κ2) is 10.6. The summed E-state index contributed by atoms with van der Waals surface area (Å²) < 4.78 is 33.6. The van der Waals surface area contributed by atoms with Crippen molar-refractivity contribution in [2.45, 2.75) is 77.9 Å². The molecule has 0 rings (SSSR count). The highest BCUT2D eigenvalue weighted by molar-refractivity contribution is 7.86.